The minimum Gasteiger partial charge on any atom is -0.270 e. The van der Waals surface area contributed by atoms with E-state index in [1.807, 2.05) is 36.5 Å². The van der Waals surface area contributed by atoms with Crippen LogP contribution < -0.4 is 5.48 Å². The van der Waals surface area contributed by atoms with Crippen LogP contribution in [0.2, 0.25) is 0 Å². The minimum atomic E-state index is 0.173. The average Bonchev–Trinajstić information content (AvgIpc) is 2.84. The molecule has 0 spiro atoms. The summed E-state index contributed by atoms with van der Waals surface area (Å²) < 4.78 is 1.92. The van der Waals surface area contributed by atoms with Gasteiger partial charge in [-0.15, -0.1) is 5.10 Å². The van der Waals surface area contributed by atoms with Crippen LogP contribution in [0.4, 0.5) is 5.82 Å². The van der Waals surface area contributed by atoms with Crippen molar-refractivity contribution >= 4 is 29.0 Å². The van der Waals surface area contributed by atoms with Crippen LogP contribution in [0.5, 0.6) is 0 Å². The monoisotopic (exact) mass is 283 g/mol. The lowest BCUT2D eigenvalue weighted by atomic mass is 10.3. The molecule has 1 N–H and O–H groups in total. The molecule has 18 heavy (non-hydrogen) atoms. The lowest BCUT2D eigenvalue weighted by molar-refractivity contribution is 0.226. The first-order valence-electron chi connectivity index (χ1n) is 5.26. The lowest BCUT2D eigenvalue weighted by Crippen LogP contribution is -2.03. The standard InChI is InChI=1S/C12H11Cl2N3O/c13-11(14)7-9-18-16-12-6-8-17(15-12)10-4-2-1-3-5-10/h1-8H,9H2,(H,15,16). The molecule has 0 aliphatic rings. The van der Waals surface area contributed by atoms with Crippen molar-refractivity contribution in [2.75, 3.05) is 12.1 Å². The molecule has 1 aromatic carbocycles. The fourth-order valence-electron chi connectivity index (χ4n) is 1.32. The molecule has 1 aromatic heterocycles. The Balaban J connectivity index is 1.93. The van der Waals surface area contributed by atoms with Crippen molar-refractivity contribution in [2.45, 2.75) is 0 Å². The van der Waals surface area contributed by atoms with Crippen LogP contribution in [0.1, 0.15) is 0 Å². The zero-order chi connectivity index (χ0) is 12.8. The number of nitrogens with zero attached hydrogens (tertiary/aromatic N) is 2. The fraction of sp³-hybridized carbons (Fsp3) is 0.0833. The van der Waals surface area contributed by atoms with Crippen molar-refractivity contribution in [3.8, 4) is 5.69 Å². The predicted molar refractivity (Wildman–Crippen MR) is 72.9 cm³/mol. The summed E-state index contributed by atoms with van der Waals surface area (Å²) in [5.41, 5.74) is 3.68. The zero-order valence-corrected chi connectivity index (χ0v) is 10.9. The second kappa shape index (κ2) is 6.44. The summed E-state index contributed by atoms with van der Waals surface area (Å²) in [5.74, 6) is 0.609. The molecule has 2 rings (SSSR count). The molecule has 0 radical (unpaired) electrons. The van der Waals surface area contributed by atoms with Crippen molar-refractivity contribution in [2.24, 2.45) is 0 Å². The molecular formula is C12H11Cl2N3O. The molecule has 0 aliphatic heterocycles. The third-order valence-electron chi connectivity index (χ3n) is 2.11. The number of hydrogen-bond acceptors (Lipinski definition) is 3. The minimum absolute atomic E-state index is 0.173. The molecule has 94 valence electrons. The highest BCUT2D eigenvalue weighted by Crippen LogP contribution is 2.10. The van der Waals surface area contributed by atoms with E-state index in [-0.39, 0.29) is 11.1 Å². The number of rotatable bonds is 5. The fourth-order valence-corrected chi connectivity index (χ4v) is 1.45. The zero-order valence-electron chi connectivity index (χ0n) is 9.38. The molecule has 2 aromatic rings. The number of anilines is 1. The normalized spacial score (nSPS) is 10.1. The number of benzene rings is 1. The Kier molecular flexibility index (Phi) is 4.64. The molecule has 6 heteroatoms. The smallest absolute Gasteiger partial charge is 0.172 e. The Morgan fingerprint density at radius 3 is 2.78 bits per heavy atom. The van der Waals surface area contributed by atoms with Gasteiger partial charge in [0.2, 0.25) is 0 Å². The summed E-state index contributed by atoms with van der Waals surface area (Å²) in [6.07, 6.45) is 3.37. The van der Waals surface area contributed by atoms with Gasteiger partial charge in [-0.2, -0.15) is 0 Å². The maximum atomic E-state index is 5.44. The van der Waals surface area contributed by atoms with Gasteiger partial charge in [0, 0.05) is 12.3 Å². The Morgan fingerprint density at radius 2 is 2.06 bits per heavy atom. The van der Waals surface area contributed by atoms with Crippen LogP contribution in [0.25, 0.3) is 5.69 Å². The van der Waals surface area contributed by atoms with Gasteiger partial charge >= 0.3 is 0 Å². The maximum absolute atomic E-state index is 5.44. The maximum Gasteiger partial charge on any atom is 0.172 e. The molecule has 0 bridgehead atoms. The SMILES string of the molecule is ClC(Cl)=CCONc1ccn(-c2ccccc2)n1. The van der Waals surface area contributed by atoms with Crippen LogP contribution in [-0.2, 0) is 4.84 Å². The van der Waals surface area contributed by atoms with E-state index in [0.717, 1.165) is 5.69 Å². The number of aromatic nitrogens is 2. The van der Waals surface area contributed by atoms with Crippen LogP contribution in [0.15, 0.2) is 53.2 Å². The van der Waals surface area contributed by atoms with E-state index in [1.54, 1.807) is 10.7 Å². The van der Waals surface area contributed by atoms with Crippen LogP contribution in [-0.4, -0.2) is 16.4 Å². The van der Waals surface area contributed by atoms with Gasteiger partial charge in [0.1, 0.15) is 4.49 Å². The first kappa shape index (κ1) is 13.0. The van der Waals surface area contributed by atoms with Crippen LogP contribution in [0, 0.1) is 0 Å². The molecule has 0 aliphatic carbocycles. The van der Waals surface area contributed by atoms with E-state index in [2.05, 4.69) is 10.6 Å². The summed E-state index contributed by atoms with van der Waals surface area (Å²) in [7, 11) is 0. The summed E-state index contributed by atoms with van der Waals surface area (Å²) in [6, 6.07) is 11.6. The van der Waals surface area contributed by atoms with Gasteiger partial charge in [-0.1, -0.05) is 41.4 Å². The Morgan fingerprint density at radius 1 is 1.28 bits per heavy atom. The molecular weight excluding hydrogens is 273 g/mol. The van der Waals surface area contributed by atoms with Crippen molar-refractivity contribution in [3.05, 3.63) is 53.2 Å². The van der Waals surface area contributed by atoms with E-state index in [0.29, 0.717) is 5.82 Å². The summed E-state index contributed by atoms with van der Waals surface area (Å²) >= 11 is 10.9. The quantitative estimate of drug-likeness (QED) is 0.674. The average molecular weight is 284 g/mol. The van der Waals surface area contributed by atoms with Gasteiger partial charge in [-0.05, 0) is 18.2 Å². The van der Waals surface area contributed by atoms with E-state index in [9.17, 15) is 0 Å². The second-order valence-electron chi connectivity index (χ2n) is 3.39. The number of halogens is 2. The lowest BCUT2D eigenvalue weighted by Gasteiger charge is -2.02. The van der Waals surface area contributed by atoms with Gasteiger partial charge in [0.05, 0.1) is 12.3 Å². The third-order valence-corrected chi connectivity index (χ3v) is 2.42. The van der Waals surface area contributed by atoms with Gasteiger partial charge in [-0.25, -0.2) is 10.2 Å². The van der Waals surface area contributed by atoms with Gasteiger partial charge in [-0.3, -0.25) is 4.84 Å². The summed E-state index contributed by atoms with van der Waals surface area (Å²) in [5, 5.41) is 4.29. The van der Waals surface area contributed by atoms with E-state index in [1.165, 1.54) is 6.08 Å². The summed E-state index contributed by atoms with van der Waals surface area (Å²) in [4.78, 5) is 5.11. The molecule has 0 saturated heterocycles. The van der Waals surface area contributed by atoms with Crippen molar-refractivity contribution < 1.29 is 4.84 Å². The molecule has 0 unspecified atom stereocenters. The Bertz CT molecular complexity index is 521. The van der Waals surface area contributed by atoms with Gasteiger partial charge in [0.25, 0.3) is 0 Å². The van der Waals surface area contributed by atoms with E-state index in [4.69, 9.17) is 28.0 Å². The molecule has 0 atom stereocenters. The highest BCUT2D eigenvalue weighted by molar-refractivity contribution is 6.55. The molecule has 0 fully saturated rings. The Labute approximate surface area is 115 Å². The molecule has 1 heterocycles. The number of hydrogen-bond donors (Lipinski definition) is 1. The van der Waals surface area contributed by atoms with Crippen molar-refractivity contribution in [1.82, 2.24) is 9.78 Å². The largest absolute Gasteiger partial charge is 0.270 e. The highest BCUT2D eigenvalue weighted by Gasteiger charge is 1.99. The van der Waals surface area contributed by atoms with Gasteiger partial charge in [0.15, 0.2) is 5.82 Å². The topological polar surface area (TPSA) is 39.1 Å². The van der Waals surface area contributed by atoms with E-state index >= 15 is 0 Å². The predicted octanol–water partition coefficient (Wildman–Crippen LogP) is 3.53. The van der Waals surface area contributed by atoms with Crippen LogP contribution >= 0.6 is 23.2 Å². The third kappa shape index (κ3) is 3.77. The first-order valence-corrected chi connectivity index (χ1v) is 6.01. The summed E-state index contributed by atoms with van der Waals surface area (Å²) in [6.45, 7) is 0.264. The highest BCUT2D eigenvalue weighted by atomic mass is 35.5. The van der Waals surface area contributed by atoms with Gasteiger partial charge < -0.3 is 0 Å². The number of para-hydroxylation sites is 1. The van der Waals surface area contributed by atoms with Crippen LogP contribution in [0.3, 0.4) is 0 Å². The molecule has 0 saturated carbocycles. The first-order chi connectivity index (χ1) is 8.75. The molecule has 4 nitrogen and oxygen atoms in total. The molecule has 0 amide bonds. The van der Waals surface area contributed by atoms with E-state index < -0.39 is 0 Å². The van der Waals surface area contributed by atoms with Crippen molar-refractivity contribution in [3.63, 3.8) is 0 Å². The Hall–Kier alpha value is -1.49. The van der Waals surface area contributed by atoms with Crippen molar-refractivity contribution in [1.29, 1.82) is 0 Å². The second-order valence-corrected chi connectivity index (χ2v) is 4.40. The number of nitrogens with one attached hydrogen (secondary N) is 1.